The Kier molecular flexibility index (Phi) is 6.89. The van der Waals surface area contributed by atoms with Gasteiger partial charge in [0.25, 0.3) is 0 Å². The third kappa shape index (κ3) is 3.80. The molecule has 0 aliphatic heterocycles. The summed E-state index contributed by atoms with van der Waals surface area (Å²) in [5.41, 5.74) is -2.59. The predicted octanol–water partition coefficient (Wildman–Crippen LogP) is 6.33. The first-order valence-electron chi connectivity index (χ1n) is 14.2. The Morgan fingerprint density at radius 2 is 1.71 bits per heavy atom. The first-order chi connectivity index (χ1) is 19.9. The molecule has 4 aliphatic rings. The number of furan rings is 2. The van der Waals surface area contributed by atoms with Crippen LogP contribution in [0.2, 0.25) is 0 Å². The van der Waals surface area contributed by atoms with Crippen molar-refractivity contribution in [1.29, 1.82) is 0 Å². The van der Waals surface area contributed by atoms with Gasteiger partial charge in [-0.15, -0.1) is 23.2 Å². The van der Waals surface area contributed by atoms with Crippen molar-refractivity contribution in [2.24, 2.45) is 28.6 Å². The number of carbonyl (C=O) groups excluding carboxylic acids is 4. The number of Topliss-reactive ketones (excluding diaryl/α,β-unsaturated/α-hetero) is 1. The summed E-state index contributed by atoms with van der Waals surface area (Å²) in [5.74, 6) is -3.31. The molecule has 6 rings (SSSR count). The lowest BCUT2D eigenvalue weighted by molar-refractivity contribution is -0.177. The number of rotatable bonds is 6. The Labute approximate surface area is 253 Å². The highest BCUT2D eigenvalue weighted by molar-refractivity contribution is 6.29. The summed E-state index contributed by atoms with van der Waals surface area (Å²) in [6.45, 7) is 5.78. The summed E-state index contributed by atoms with van der Waals surface area (Å²) >= 11 is 14.1. The number of fused-ring (bicyclic) bond motifs is 5. The van der Waals surface area contributed by atoms with Gasteiger partial charge in [-0.05, 0) is 73.9 Å². The molecule has 8 atom stereocenters. The van der Waals surface area contributed by atoms with Crippen molar-refractivity contribution < 1.29 is 37.5 Å². The van der Waals surface area contributed by atoms with E-state index < -0.39 is 51.0 Å². The zero-order valence-corrected chi connectivity index (χ0v) is 25.1. The molecule has 2 heterocycles. The minimum Gasteiger partial charge on any atom is -0.457 e. The summed E-state index contributed by atoms with van der Waals surface area (Å²) in [6, 6.07) is 6.14. The molecule has 0 radical (unpaired) electrons. The molecule has 3 fully saturated rings. The molecule has 8 nitrogen and oxygen atoms in total. The number of carbonyl (C=O) groups is 4. The monoisotopic (exact) mass is 614 g/mol. The van der Waals surface area contributed by atoms with E-state index in [2.05, 4.69) is 0 Å². The molecule has 3 saturated carbocycles. The van der Waals surface area contributed by atoms with Crippen LogP contribution in [-0.4, -0.2) is 46.0 Å². The maximum absolute atomic E-state index is 13.9. The molecule has 4 aliphatic carbocycles. The number of ketones is 2. The van der Waals surface area contributed by atoms with Gasteiger partial charge in [-0.2, -0.15) is 0 Å². The van der Waals surface area contributed by atoms with Crippen LogP contribution >= 0.6 is 23.2 Å². The third-order valence-electron chi connectivity index (χ3n) is 10.6. The topological polar surface area (TPSA) is 113 Å². The van der Waals surface area contributed by atoms with Crippen molar-refractivity contribution >= 4 is 46.7 Å². The fraction of sp³-hybridized carbons (Fsp3) is 0.500. The number of allylic oxidation sites excluding steroid dienone is 4. The molecule has 42 heavy (non-hydrogen) atoms. The van der Waals surface area contributed by atoms with E-state index in [9.17, 15) is 19.2 Å². The molecular weight excluding hydrogens is 583 g/mol. The zero-order chi connectivity index (χ0) is 30.1. The van der Waals surface area contributed by atoms with Crippen LogP contribution in [0.3, 0.4) is 0 Å². The van der Waals surface area contributed by atoms with Crippen molar-refractivity contribution in [2.45, 2.75) is 63.0 Å². The van der Waals surface area contributed by atoms with Crippen molar-refractivity contribution in [1.82, 2.24) is 0 Å². The summed E-state index contributed by atoms with van der Waals surface area (Å²) in [4.78, 5) is 52.0. The lowest BCUT2D eigenvalue weighted by Crippen LogP contribution is -2.70. The second-order valence-corrected chi connectivity index (χ2v) is 13.3. The van der Waals surface area contributed by atoms with Crippen molar-refractivity contribution in [2.75, 3.05) is 5.88 Å². The molecular formula is C32H32Cl2O8. The highest BCUT2D eigenvalue weighted by Crippen LogP contribution is 2.72. The van der Waals surface area contributed by atoms with Crippen LogP contribution in [0.5, 0.6) is 0 Å². The Morgan fingerprint density at radius 3 is 2.33 bits per heavy atom. The molecule has 0 aromatic carbocycles. The van der Waals surface area contributed by atoms with Crippen LogP contribution in [0.1, 0.15) is 67.6 Å². The van der Waals surface area contributed by atoms with Gasteiger partial charge < -0.3 is 18.3 Å². The van der Waals surface area contributed by atoms with Gasteiger partial charge in [-0.3, -0.25) is 9.59 Å². The van der Waals surface area contributed by atoms with Crippen LogP contribution in [0.4, 0.5) is 0 Å². The largest absolute Gasteiger partial charge is 0.457 e. The molecule has 0 N–H and O–H groups in total. The summed E-state index contributed by atoms with van der Waals surface area (Å²) in [5, 5.41) is 0. The molecule has 2 aromatic heterocycles. The van der Waals surface area contributed by atoms with Gasteiger partial charge in [0, 0.05) is 16.7 Å². The number of esters is 2. The molecule has 0 unspecified atom stereocenters. The first-order valence-corrected chi connectivity index (χ1v) is 15.1. The number of hydrogen-bond donors (Lipinski definition) is 0. The van der Waals surface area contributed by atoms with Gasteiger partial charge in [-0.1, -0.05) is 32.4 Å². The lowest BCUT2D eigenvalue weighted by atomic mass is 9.45. The van der Waals surface area contributed by atoms with Crippen molar-refractivity contribution in [3.05, 3.63) is 72.1 Å². The Bertz CT molecular complexity index is 1490. The van der Waals surface area contributed by atoms with E-state index in [0.717, 1.165) is 5.57 Å². The SMILES string of the molecule is C[C@@H]1C[C@H]2[C@@H]3CCC4=CC(=O)C=C[C@]4(C)[C@]3(Cl)[C@@H](OC(=O)c3ccco3)C[C@]2(C)[C@@]1(OC(=O)c1ccco1)C(=O)CCl. The Balaban J connectivity index is 1.50. The molecule has 0 saturated heterocycles. The molecule has 0 amide bonds. The maximum atomic E-state index is 13.9. The third-order valence-corrected chi connectivity index (χ3v) is 11.8. The first kappa shape index (κ1) is 29.0. The Morgan fingerprint density at radius 1 is 1.05 bits per heavy atom. The quantitative estimate of drug-likeness (QED) is 0.274. The molecule has 0 spiro atoms. The van der Waals surface area contributed by atoms with Crippen LogP contribution in [-0.2, 0) is 19.1 Å². The highest BCUT2D eigenvalue weighted by atomic mass is 35.5. The van der Waals surface area contributed by atoms with E-state index >= 15 is 0 Å². The van der Waals surface area contributed by atoms with E-state index in [1.165, 1.54) is 30.7 Å². The second kappa shape index (κ2) is 9.98. The van der Waals surface area contributed by atoms with E-state index in [0.29, 0.717) is 19.3 Å². The van der Waals surface area contributed by atoms with Gasteiger partial charge in [0.1, 0.15) is 6.10 Å². The second-order valence-electron chi connectivity index (χ2n) is 12.4. The number of alkyl halides is 2. The molecule has 2 aromatic rings. The van der Waals surface area contributed by atoms with Gasteiger partial charge in [0.05, 0.1) is 23.3 Å². The van der Waals surface area contributed by atoms with Crippen LogP contribution in [0.25, 0.3) is 0 Å². The lowest BCUT2D eigenvalue weighted by Gasteiger charge is -2.64. The van der Waals surface area contributed by atoms with Gasteiger partial charge in [0.15, 0.2) is 17.2 Å². The smallest absolute Gasteiger partial charge is 0.375 e. The van der Waals surface area contributed by atoms with Crippen LogP contribution in [0, 0.1) is 28.6 Å². The van der Waals surface area contributed by atoms with Crippen molar-refractivity contribution in [3.8, 4) is 0 Å². The molecule has 222 valence electrons. The van der Waals surface area contributed by atoms with Gasteiger partial charge >= 0.3 is 11.9 Å². The summed E-state index contributed by atoms with van der Waals surface area (Å²) < 4.78 is 23.1. The molecule has 10 heteroatoms. The molecule has 0 bridgehead atoms. The van der Waals surface area contributed by atoms with Crippen molar-refractivity contribution in [3.63, 3.8) is 0 Å². The average molecular weight is 616 g/mol. The normalized spacial score (nSPS) is 38.6. The van der Waals surface area contributed by atoms with E-state index in [-0.39, 0.29) is 41.4 Å². The maximum Gasteiger partial charge on any atom is 0.375 e. The number of ether oxygens (including phenoxy) is 2. The van der Waals surface area contributed by atoms with E-state index in [4.69, 9.17) is 41.5 Å². The number of hydrogen-bond acceptors (Lipinski definition) is 8. The summed E-state index contributed by atoms with van der Waals surface area (Å²) in [7, 11) is 0. The predicted molar refractivity (Wildman–Crippen MR) is 152 cm³/mol. The zero-order valence-electron chi connectivity index (χ0n) is 23.6. The minimum absolute atomic E-state index is 0.0114. The van der Waals surface area contributed by atoms with E-state index in [1.54, 1.807) is 18.2 Å². The van der Waals surface area contributed by atoms with Gasteiger partial charge in [-0.25, -0.2) is 9.59 Å². The van der Waals surface area contributed by atoms with Crippen LogP contribution in [0.15, 0.2) is 69.4 Å². The highest BCUT2D eigenvalue weighted by Gasteiger charge is 2.77. The Hall–Kier alpha value is -3.10. The van der Waals surface area contributed by atoms with Gasteiger partial charge in [0.2, 0.25) is 11.5 Å². The van der Waals surface area contributed by atoms with Crippen LogP contribution < -0.4 is 0 Å². The fourth-order valence-electron chi connectivity index (χ4n) is 8.76. The average Bonchev–Trinajstić information content (AvgIpc) is 3.72. The minimum atomic E-state index is -1.63. The summed E-state index contributed by atoms with van der Waals surface area (Å²) in [6.07, 6.45) is 8.58. The van der Waals surface area contributed by atoms with E-state index in [1.807, 2.05) is 26.8 Å². The fourth-order valence-corrected chi connectivity index (χ4v) is 9.53. The number of halogens is 2. The standard InChI is InChI=1S/C32H32Cl2O8/c1-18-14-22-21-9-8-19-15-20(35)10-11-29(19,2)31(21,34)26(41-27(37)23-6-4-12-39-23)16-30(22,3)32(18,25(36)17-33)42-28(38)24-7-5-13-40-24/h4-7,10-13,15,18,21-22,26H,8-9,14,16-17H2,1-3H3/t18-,21+,22+,26+,29+,30+,31-,32+/m1/s1.